The minimum atomic E-state index is -5.73. The van der Waals surface area contributed by atoms with Crippen molar-refractivity contribution in [2.75, 3.05) is 12.1 Å². The van der Waals surface area contributed by atoms with E-state index >= 15 is 0 Å². The topological polar surface area (TPSA) is 285 Å². The maximum atomic E-state index is 11.9. The van der Waals surface area contributed by atoms with Gasteiger partial charge in [0.05, 0.1) is 12.9 Å². The number of aromatic nitrogens is 4. The average Bonchev–Trinajstić information content (AvgIpc) is 3.16. The van der Waals surface area contributed by atoms with Crippen molar-refractivity contribution in [1.29, 1.82) is 0 Å². The molecule has 2 aromatic rings. The lowest BCUT2D eigenvalue weighted by Gasteiger charge is -2.27. The first-order chi connectivity index (χ1) is 15.1. The maximum Gasteiger partial charge on any atom is 0.490 e. The molecule has 0 radical (unpaired) electrons. The minimum absolute atomic E-state index is 0.0626. The van der Waals surface area contributed by atoms with E-state index in [0.717, 1.165) is 19.6 Å². The first kappa shape index (κ1) is 26.2. The normalized spacial score (nSPS) is 29.6. The molecule has 6 atom stereocenters. The molecule has 1 aliphatic rings. The van der Waals surface area contributed by atoms with E-state index in [9.17, 15) is 28.8 Å². The van der Waals surface area contributed by atoms with Gasteiger partial charge in [-0.2, -0.15) is 8.62 Å². The minimum Gasteiger partial charge on any atom is -0.387 e. The number of aliphatic hydroxyl groups is 2. The van der Waals surface area contributed by atoms with Gasteiger partial charge in [-0.1, -0.05) is 0 Å². The molecule has 22 heteroatoms. The number of fused-ring (bicyclic) bond motifs is 1. The molecule has 186 valence electrons. The van der Waals surface area contributed by atoms with Gasteiger partial charge in [-0.05, 0) is 6.92 Å². The molecule has 1 saturated heterocycles. The van der Waals surface area contributed by atoms with Crippen LogP contribution in [0.4, 0.5) is 5.82 Å². The van der Waals surface area contributed by atoms with Crippen LogP contribution in [0.25, 0.3) is 11.2 Å². The van der Waals surface area contributed by atoms with Crippen molar-refractivity contribution in [1.82, 2.24) is 19.5 Å². The smallest absolute Gasteiger partial charge is 0.387 e. The molecule has 2 aromatic heterocycles. The number of anilines is 1. The van der Waals surface area contributed by atoms with Gasteiger partial charge in [0.25, 0.3) is 0 Å². The van der Waals surface area contributed by atoms with Gasteiger partial charge in [0.1, 0.15) is 24.1 Å². The number of nitrogens with one attached hydrogen (secondary N) is 1. The molecule has 0 bridgehead atoms. The van der Waals surface area contributed by atoms with Crippen LogP contribution in [0.3, 0.4) is 0 Å². The monoisotopic (exact) mass is 537 g/mol. The van der Waals surface area contributed by atoms with Crippen molar-refractivity contribution < 1.29 is 66.6 Å². The Hall–Kier alpha value is -1.40. The summed E-state index contributed by atoms with van der Waals surface area (Å²) < 4.78 is 52.2. The van der Waals surface area contributed by atoms with E-state index in [1.807, 2.05) is 0 Å². The van der Waals surface area contributed by atoms with E-state index in [1.54, 1.807) is 5.48 Å². The van der Waals surface area contributed by atoms with Gasteiger partial charge >= 0.3 is 23.5 Å². The largest absolute Gasteiger partial charge is 0.490 e. The first-order valence-corrected chi connectivity index (χ1v) is 13.0. The summed E-state index contributed by atoms with van der Waals surface area (Å²) in [5.41, 5.74) is -0.116. The molecule has 33 heavy (non-hydrogen) atoms. The van der Waals surface area contributed by atoms with Gasteiger partial charge in [-0.3, -0.25) is 19.8 Å². The fourth-order valence-electron chi connectivity index (χ4n) is 2.95. The quantitative estimate of drug-likeness (QED) is 0.140. The van der Waals surface area contributed by atoms with Crippen LogP contribution < -0.4 is 5.48 Å². The van der Waals surface area contributed by atoms with Crippen LogP contribution >= 0.6 is 23.5 Å². The number of hydrogen-bond donors (Lipinski definition) is 8. The molecule has 1 aliphatic heterocycles. The summed E-state index contributed by atoms with van der Waals surface area (Å²) >= 11 is 0. The van der Waals surface area contributed by atoms with Crippen LogP contribution in [0, 0.1) is 0 Å². The molecule has 19 nitrogen and oxygen atoms in total. The van der Waals surface area contributed by atoms with Gasteiger partial charge in [0.2, 0.25) is 0 Å². The third-order valence-electron chi connectivity index (χ3n) is 4.29. The van der Waals surface area contributed by atoms with Gasteiger partial charge in [0, 0.05) is 0 Å². The molecule has 0 aromatic carbocycles. The average molecular weight is 537 g/mol. The highest BCUT2D eigenvalue weighted by Crippen LogP contribution is 2.66. The standard InChI is InChI=1S/C11H18N5O14P3/c1-11(18)7(17)5(2-27-32(23,24)30-33(25,26)29-31(20,21)22)28-10(11)16-4-14-6-8(15-19)12-3-13-9(6)16/h3-5,7,10,17-19H,2H2,1H3,(H,23,24)(H,25,26)(H,12,13,15)(H2,20,21,22)/t5?,7?,10-,11-/m1/s1. The van der Waals surface area contributed by atoms with Crippen LogP contribution in [-0.4, -0.2) is 78.9 Å². The lowest BCUT2D eigenvalue weighted by molar-refractivity contribution is -0.0949. The van der Waals surface area contributed by atoms with Crippen molar-refractivity contribution in [3.05, 3.63) is 12.7 Å². The van der Waals surface area contributed by atoms with E-state index in [2.05, 4.69) is 28.1 Å². The predicted molar refractivity (Wildman–Crippen MR) is 101 cm³/mol. The van der Waals surface area contributed by atoms with Crippen molar-refractivity contribution in [2.24, 2.45) is 0 Å². The van der Waals surface area contributed by atoms with Gasteiger partial charge in [-0.15, -0.1) is 0 Å². The van der Waals surface area contributed by atoms with Crippen LogP contribution in [0.5, 0.6) is 0 Å². The van der Waals surface area contributed by atoms with Gasteiger partial charge in [0.15, 0.2) is 23.2 Å². The summed E-state index contributed by atoms with van der Waals surface area (Å²) in [7, 11) is -16.8. The van der Waals surface area contributed by atoms with Crippen LogP contribution in [0.2, 0.25) is 0 Å². The van der Waals surface area contributed by atoms with Crippen LogP contribution in [-0.2, 0) is 31.6 Å². The Morgan fingerprint density at radius 3 is 2.42 bits per heavy atom. The highest BCUT2D eigenvalue weighted by atomic mass is 31.3. The number of nitrogens with zero attached hydrogens (tertiary/aromatic N) is 4. The molecule has 4 unspecified atom stereocenters. The third-order valence-corrected chi connectivity index (χ3v) is 8.09. The van der Waals surface area contributed by atoms with Gasteiger partial charge < -0.3 is 34.5 Å². The zero-order chi connectivity index (χ0) is 24.8. The third kappa shape index (κ3) is 5.82. The maximum absolute atomic E-state index is 11.9. The van der Waals surface area contributed by atoms with E-state index in [1.165, 1.54) is 4.57 Å². The lowest BCUT2D eigenvalue weighted by atomic mass is 9.96. The van der Waals surface area contributed by atoms with E-state index in [0.29, 0.717) is 0 Å². The Morgan fingerprint density at radius 2 is 1.82 bits per heavy atom. The Kier molecular flexibility index (Phi) is 7.14. The first-order valence-electron chi connectivity index (χ1n) is 8.48. The van der Waals surface area contributed by atoms with Crippen LogP contribution in [0.1, 0.15) is 13.2 Å². The fraction of sp³-hybridized carbons (Fsp3) is 0.545. The van der Waals surface area contributed by atoms with Crippen molar-refractivity contribution in [3.8, 4) is 0 Å². The lowest BCUT2D eigenvalue weighted by Crippen LogP contribution is -2.44. The van der Waals surface area contributed by atoms with Gasteiger partial charge in [-0.25, -0.2) is 28.6 Å². The van der Waals surface area contributed by atoms with E-state index < -0.39 is 54.1 Å². The molecule has 0 aliphatic carbocycles. The second-order valence-electron chi connectivity index (χ2n) is 6.74. The number of ether oxygens (including phenoxy) is 1. The number of rotatable bonds is 9. The summed E-state index contributed by atoms with van der Waals surface area (Å²) in [4.78, 5) is 47.4. The second-order valence-corrected chi connectivity index (χ2v) is 11.2. The molecular weight excluding hydrogens is 519 g/mol. The predicted octanol–water partition coefficient (Wildman–Crippen LogP) is -1.02. The summed E-state index contributed by atoms with van der Waals surface area (Å²) in [5, 5.41) is 30.3. The Morgan fingerprint density at radius 1 is 1.15 bits per heavy atom. The highest BCUT2D eigenvalue weighted by Gasteiger charge is 2.54. The molecule has 0 spiro atoms. The number of aliphatic hydroxyl groups excluding tert-OH is 1. The van der Waals surface area contributed by atoms with Crippen molar-refractivity contribution in [3.63, 3.8) is 0 Å². The molecule has 0 amide bonds. The molecule has 8 N–H and O–H groups in total. The Balaban J connectivity index is 1.76. The molecule has 1 fully saturated rings. The fourth-order valence-corrected chi connectivity index (χ4v) is 5.98. The van der Waals surface area contributed by atoms with E-state index in [4.69, 9.17) is 24.6 Å². The summed E-state index contributed by atoms with van der Waals surface area (Å²) in [6.07, 6.45) is -2.47. The van der Waals surface area contributed by atoms with E-state index in [-0.39, 0.29) is 17.0 Å². The summed E-state index contributed by atoms with van der Waals surface area (Å²) in [6.45, 7) is 0.161. The Bertz CT molecular complexity index is 1170. The second kappa shape index (κ2) is 8.99. The number of phosphoric ester groups is 1. The van der Waals surface area contributed by atoms with Crippen molar-refractivity contribution in [2.45, 2.75) is 31.0 Å². The summed E-state index contributed by atoms with van der Waals surface area (Å²) in [5.74, 6) is -0.0684. The molecule has 3 rings (SSSR count). The van der Waals surface area contributed by atoms with Crippen molar-refractivity contribution >= 4 is 40.4 Å². The van der Waals surface area contributed by atoms with Crippen LogP contribution in [0.15, 0.2) is 12.7 Å². The molecular formula is C11H18N5O14P3. The molecule has 3 heterocycles. The number of hydrogen-bond acceptors (Lipinski definition) is 14. The molecule has 0 saturated carbocycles. The zero-order valence-corrected chi connectivity index (χ0v) is 18.9. The summed E-state index contributed by atoms with van der Waals surface area (Å²) in [6, 6.07) is 0. The number of imidazole rings is 1. The zero-order valence-electron chi connectivity index (χ0n) is 16.2. The highest BCUT2D eigenvalue weighted by molar-refractivity contribution is 7.66. The SMILES string of the molecule is C[C@@]1(O)C(O)C(COP(=O)(O)OP(=O)(O)OP(=O)(O)O)O[C@H]1n1cnc2c(NO)ncnc21. The number of phosphoric acid groups is 3. The Labute approximate surface area is 183 Å².